The van der Waals surface area contributed by atoms with E-state index in [-0.39, 0.29) is 35.1 Å². The maximum atomic E-state index is 14.9. The number of amides is 2. The number of benzene rings is 2. The van der Waals surface area contributed by atoms with Crippen molar-refractivity contribution in [2.45, 2.75) is 70.0 Å². The summed E-state index contributed by atoms with van der Waals surface area (Å²) in [6.45, 7) is 2.32. The summed E-state index contributed by atoms with van der Waals surface area (Å²) in [5.74, 6) is -0.998. The molecule has 1 aliphatic carbocycles. The second-order valence-electron chi connectivity index (χ2n) is 13.6. The normalized spacial score (nSPS) is 23.1. The summed E-state index contributed by atoms with van der Waals surface area (Å²) in [6, 6.07) is 4.90. The van der Waals surface area contributed by atoms with E-state index in [0.717, 1.165) is 11.2 Å². The van der Waals surface area contributed by atoms with E-state index in [1.165, 1.54) is 30.6 Å². The van der Waals surface area contributed by atoms with Crippen LogP contribution in [0.4, 0.5) is 32.4 Å². The molecule has 1 saturated carbocycles. The number of nitrogens with one attached hydrogen (secondary N) is 3. The smallest absolute Gasteiger partial charge is 0.407 e. The number of hydrazone groups is 1. The van der Waals surface area contributed by atoms with Crippen LogP contribution in [-0.4, -0.2) is 70.1 Å². The van der Waals surface area contributed by atoms with Gasteiger partial charge in [0.1, 0.15) is 24.7 Å². The molecule has 12 nitrogen and oxygen atoms in total. The van der Waals surface area contributed by atoms with Crippen LogP contribution in [0.1, 0.15) is 57.3 Å². The summed E-state index contributed by atoms with van der Waals surface area (Å²) in [5.41, 5.74) is -0.752. The molecule has 4 atom stereocenters. The van der Waals surface area contributed by atoms with Crippen molar-refractivity contribution >= 4 is 47.8 Å². The lowest BCUT2D eigenvalue weighted by Gasteiger charge is -2.35. The van der Waals surface area contributed by atoms with Gasteiger partial charge in [-0.1, -0.05) is 62.7 Å². The SMILES string of the molecule is CC(C)(C)C[C@]1(c2ccc(-c3cnn(C(F)F)c3)cc2)NC(=N)N([C@H](COC(=O)N[C@H]2C[C@@H]2F)c2ccc(Cl)c(N3N=CN=CC3(F)F)c2)C1=O. The van der Waals surface area contributed by atoms with Crippen LogP contribution in [0.3, 0.4) is 0 Å². The highest BCUT2D eigenvalue weighted by Gasteiger charge is 2.55. The van der Waals surface area contributed by atoms with E-state index < -0.39 is 60.4 Å². The molecule has 1 aromatic heterocycles. The average molecular weight is 734 g/mol. The number of hydrogen-bond acceptors (Lipinski definition) is 8. The Hall–Kier alpha value is -5.06. The molecule has 0 radical (unpaired) electrons. The fourth-order valence-corrected chi connectivity index (χ4v) is 6.31. The summed E-state index contributed by atoms with van der Waals surface area (Å²) < 4.78 is 75.5. The molecule has 51 heavy (non-hydrogen) atoms. The van der Waals surface area contributed by atoms with Crippen LogP contribution >= 0.6 is 11.6 Å². The molecule has 0 unspecified atom stereocenters. The summed E-state index contributed by atoms with van der Waals surface area (Å²) >= 11 is 6.35. The van der Waals surface area contributed by atoms with E-state index in [2.05, 4.69) is 25.8 Å². The zero-order valence-corrected chi connectivity index (χ0v) is 28.2. The van der Waals surface area contributed by atoms with E-state index in [9.17, 15) is 31.5 Å². The number of hydrogen-bond donors (Lipinski definition) is 3. The Labute approximate surface area is 293 Å². The van der Waals surface area contributed by atoms with Gasteiger partial charge in [-0.15, -0.1) is 0 Å². The number of aliphatic imine (C=N–C) groups is 1. The number of alkyl halides is 5. The molecule has 0 bridgehead atoms. The Morgan fingerprint density at radius 1 is 1.18 bits per heavy atom. The third kappa shape index (κ3) is 7.25. The third-order valence-electron chi connectivity index (χ3n) is 8.49. The minimum absolute atomic E-state index is 0.117. The Morgan fingerprint density at radius 3 is 2.49 bits per heavy atom. The fourth-order valence-electron chi connectivity index (χ4n) is 6.11. The first-order valence-corrected chi connectivity index (χ1v) is 16.1. The number of halogens is 6. The summed E-state index contributed by atoms with van der Waals surface area (Å²) in [4.78, 5) is 31.9. The van der Waals surface area contributed by atoms with Crippen molar-refractivity contribution in [1.82, 2.24) is 25.3 Å². The molecule has 270 valence electrons. The standard InChI is InChI=1S/C33H33ClF5N9O3/c1-31(2,3)15-32(21-7-4-18(5-8-21)20-12-42-46(13-20)28(36)37)27(49)47(29(40)45-32)26(14-51-30(50)44-24-11-23(24)35)19-6-9-22(34)25(10-19)48-33(38,39)16-41-17-43-48/h4-10,12-13,16-17,23-24,26,28H,11,14-15H2,1-3H3,(H2,40,45)(H,44,50)/t23-,24-,26+,32+/m0/s1. The molecular weight excluding hydrogens is 701 g/mol. The second kappa shape index (κ2) is 13.2. The lowest BCUT2D eigenvalue weighted by molar-refractivity contribution is -0.134. The van der Waals surface area contributed by atoms with E-state index >= 15 is 0 Å². The highest BCUT2D eigenvalue weighted by atomic mass is 35.5. The van der Waals surface area contributed by atoms with Gasteiger partial charge < -0.3 is 15.4 Å². The Kier molecular flexibility index (Phi) is 9.29. The summed E-state index contributed by atoms with van der Waals surface area (Å²) in [6.07, 6.45) is 1.86. The van der Waals surface area contributed by atoms with Crippen molar-refractivity contribution in [1.29, 1.82) is 5.41 Å². The molecule has 2 aromatic carbocycles. The topological polar surface area (TPSA) is 140 Å². The molecule has 3 N–H and O–H groups in total. The maximum absolute atomic E-state index is 14.9. The second-order valence-corrected chi connectivity index (χ2v) is 14.0. The number of rotatable bonds is 10. The molecule has 3 aliphatic rings. The molecule has 2 amide bonds. The number of alkyl carbamates (subject to hydrolysis) is 1. The fraction of sp³-hybridized carbons (Fsp3) is 0.394. The first kappa shape index (κ1) is 35.8. The van der Waals surface area contributed by atoms with Crippen LogP contribution in [0.15, 0.2) is 65.0 Å². The van der Waals surface area contributed by atoms with Crippen LogP contribution in [0.5, 0.6) is 0 Å². The van der Waals surface area contributed by atoms with Gasteiger partial charge in [-0.05, 0) is 40.7 Å². The van der Waals surface area contributed by atoms with Gasteiger partial charge in [-0.2, -0.15) is 32.8 Å². The van der Waals surface area contributed by atoms with Crippen LogP contribution in [0.2, 0.25) is 5.02 Å². The van der Waals surface area contributed by atoms with Crippen molar-refractivity contribution in [3.05, 3.63) is 71.0 Å². The van der Waals surface area contributed by atoms with Gasteiger partial charge in [-0.3, -0.25) is 15.1 Å². The molecule has 2 aliphatic heterocycles. The van der Waals surface area contributed by atoms with Crippen molar-refractivity contribution in [2.75, 3.05) is 11.6 Å². The van der Waals surface area contributed by atoms with Crippen LogP contribution in [-0.2, 0) is 15.1 Å². The summed E-state index contributed by atoms with van der Waals surface area (Å²) in [7, 11) is 0. The Balaban J connectivity index is 1.39. The van der Waals surface area contributed by atoms with Crippen molar-refractivity contribution in [3.63, 3.8) is 0 Å². The monoisotopic (exact) mass is 733 g/mol. The number of carbonyl (C=O) groups excluding carboxylic acids is 2. The van der Waals surface area contributed by atoms with Gasteiger partial charge in [0, 0.05) is 18.2 Å². The quantitative estimate of drug-likeness (QED) is 0.159. The minimum atomic E-state index is -3.67. The zero-order valence-electron chi connectivity index (χ0n) is 27.5. The average Bonchev–Trinajstić information content (AvgIpc) is 3.42. The number of carbonyl (C=O) groups is 2. The lowest BCUT2D eigenvalue weighted by atomic mass is 9.75. The van der Waals surface area contributed by atoms with Crippen molar-refractivity contribution in [2.24, 2.45) is 15.5 Å². The van der Waals surface area contributed by atoms with Gasteiger partial charge in [0.15, 0.2) is 5.96 Å². The van der Waals surface area contributed by atoms with Crippen molar-refractivity contribution in [3.8, 4) is 11.1 Å². The minimum Gasteiger partial charge on any atom is -0.447 e. The number of ether oxygens (including phenoxy) is 1. The summed E-state index contributed by atoms with van der Waals surface area (Å²) in [5, 5.41) is 22.1. The van der Waals surface area contributed by atoms with Gasteiger partial charge in [0.25, 0.3) is 5.91 Å². The predicted octanol–water partition coefficient (Wildman–Crippen LogP) is 6.60. The van der Waals surface area contributed by atoms with Crippen molar-refractivity contribution < 1.29 is 36.3 Å². The molecule has 0 spiro atoms. The molecular formula is C33H33ClF5N9O3. The molecule has 3 aromatic rings. The predicted molar refractivity (Wildman–Crippen MR) is 179 cm³/mol. The molecule has 1 saturated heterocycles. The molecule has 6 rings (SSSR count). The Bertz CT molecular complexity index is 1900. The van der Waals surface area contributed by atoms with E-state index in [1.54, 1.807) is 24.3 Å². The van der Waals surface area contributed by atoms with Gasteiger partial charge >= 0.3 is 18.7 Å². The third-order valence-corrected chi connectivity index (χ3v) is 8.81. The highest BCUT2D eigenvalue weighted by molar-refractivity contribution is 6.33. The van der Waals surface area contributed by atoms with Gasteiger partial charge in [0.2, 0.25) is 0 Å². The molecule has 18 heteroatoms. The number of guanidine groups is 1. The number of nitrogens with zero attached hydrogens (tertiary/aromatic N) is 6. The van der Waals surface area contributed by atoms with Crippen LogP contribution in [0, 0.1) is 10.8 Å². The van der Waals surface area contributed by atoms with E-state index in [4.69, 9.17) is 21.7 Å². The molecule has 3 heterocycles. The van der Waals surface area contributed by atoms with Gasteiger partial charge in [0.05, 0.1) is 35.2 Å². The largest absolute Gasteiger partial charge is 0.447 e. The zero-order chi connectivity index (χ0) is 36.9. The highest BCUT2D eigenvalue weighted by Crippen LogP contribution is 2.44. The number of anilines is 1. The van der Waals surface area contributed by atoms with E-state index in [1.807, 2.05) is 20.8 Å². The van der Waals surface area contributed by atoms with Gasteiger partial charge in [-0.25, -0.2) is 18.9 Å². The lowest BCUT2D eigenvalue weighted by Crippen LogP contribution is -2.47. The van der Waals surface area contributed by atoms with Crippen LogP contribution < -0.4 is 15.6 Å². The number of aromatic nitrogens is 2. The molecule has 2 fully saturated rings. The van der Waals surface area contributed by atoms with E-state index in [0.29, 0.717) is 32.6 Å². The first-order chi connectivity index (χ1) is 24.0. The van der Waals surface area contributed by atoms with Crippen LogP contribution in [0.25, 0.3) is 11.1 Å². The maximum Gasteiger partial charge on any atom is 0.407 e. The first-order valence-electron chi connectivity index (χ1n) is 15.7. The Morgan fingerprint density at radius 2 is 1.88 bits per heavy atom.